The summed E-state index contributed by atoms with van der Waals surface area (Å²) in [6.45, 7) is 11.8. The largest absolute Gasteiger partial charge is 0.462 e. The molecular formula is C24H32O10. The summed E-state index contributed by atoms with van der Waals surface area (Å²) in [5, 5.41) is 21.6. The Morgan fingerprint density at radius 2 is 1.79 bits per heavy atom. The first-order chi connectivity index (χ1) is 15.8. The molecule has 0 bridgehead atoms. The van der Waals surface area contributed by atoms with E-state index in [0.717, 1.165) is 5.57 Å². The van der Waals surface area contributed by atoms with Crippen molar-refractivity contribution in [2.24, 2.45) is 11.3 Å². The molecule has 2 N–H and O–H groups in total. The summed E-state index contributed by atoms with van der Waals surface area (Å²) in [6.07, 6.45) is -2.34. The molecule has 4 aliphatic rings. The summed E-state index contributed by atoms with van der Waals surface area (Å²) in [6, 6.07) is 0. The molecule has 0 aromatic carbocycles. The third-order valence-electron chi connectivity index (χ3n) is 8.16. The lowest BCUT2D eigenvalue weighted by Crippen LogP contribution is -2.63. The van der Waals surface area contributed by atoms with Gasteiger partial charge in [-0.2, -0.15) is 0 Å². The quantitative estimate of drug-likeness (QED) is 0.153. The Morgan fingerprint density at radius 1 is 1.18 bits per heavy atom. The molecule has 1 spiro atoms. The summed E-state index contributed by atoms with van der Waals surface area (Å²) in [5.74, 6) is -2.67. The Labute approximate surface area is 197 Å². The van der Waals surface area contributed by atoms with Crippen LogP contribution in [-0.2, 0) is 38.2 Å². The molecule has 9 atom stereocenters. The maximum absolute atomic E-state index is 12.7. The highest BCUT2D eigenvalue weighted by Crippen LogP contribution is 2.64. The molecule has 10 heteroatoms. The Kier molecular flexibility index (Phi) is 5.95. The van der Waals surface area contributed by atoms with Gasteiger partial charge in [-0.05, 0) is 38.3 Å². The number of allylic oxidation sites excluding steroid dienone is 1. The average Bonchev–Trinajstić information content (AvgIpc) is 3.33. The Morgan fingerprint density at radius 3 is 2.35 bits per heavy atom. The summed E-state index contributed by atoms with van der Waals surface area (Å²) < 4.78 is 23.0. The molecule has 188 valence electrons. The van der Waals surface area contributed by atoms with Crippen LogP contribution >= 0.6 is 0 Å². The SMILES string of the molecule is C=C1[C@@H](OO)C[C@H](OC(C)=O)[C@]2(C)[C@@H](OC(C)=O)CC/C(C)=C/[C@@H]3OC(=O)[C@]4(C)O[C@]34[C@@H](O)[C@@H]12. The average molecular weight is 481 g/mol. The van der Waals surface area contributed by atoms with Crippen molar-refractivity contribution in [3.05, 3.63) is 23.8 Å². The number of ether oxygens (including phenoxy) is 4. The van der Waals surface area contributed by atoms with Gasteiger partial charge in [-0.15, -0.1) is 0 Å². The van der Waals surface area contributed by atoms with Crippen molar-refractivity contribution in [1.82, 2.24) is 0 Å². The van der Waals surface area contributed by atoms with Crippen molar-refractivity contribution in [2.45, 2.75) is 95.6 Å². The van der Waals surface area contributed by atoms with Gasteiger partial charge in [-0.3, -0.25) is 14.8 Å². The van der Waals surface area contributed by atoms with Gasteiger partial charge in [0.15, 0.2) is 17.3 Å². The Hall–Kier alpha value is -2.27. The van der Waals surface area contributed by atoms with E-state index in [2.05, 4.69) is 11.5 Å². The minimum Gasteiger partial charge on any atom is -0.462 e. The molecule has 3 fully saturated rings. The molecule has 2 heterocycles. The molecule has 1 saturated carbocycles. The van der Waals surface area contributed by atoms with E-state index in [0.29, 0.717) is 18.4 Å². The lowest BCUT2D eigenvalue weighted by molar-refractivity contribution is -0.292. The molecule has 2 saturated heterocycles. The van der Waals surface area contributed by atoms with Gasteiger partial charge in [-0.25, -0.2) is 9.68 Å². The fourth-order valence-corrected chi connectivity index (χ4v) is 6.31. The van der Waals surface area contributed by atoms with Gasteiger partial charge in [0, 0.05) is 26.2 Å². The molecule has 2 aliphatic heterocycles. The molecule has 0 aromatic heterocycles. The van der Waals surface area contributed by atoms with E-state index in [4.69, 9.17) is 18.9 Å². The number of fused-ring (bicyclic) bond motifs is 1. The fraction of sp³-hybridized carbons (Fsp3) is 0.708. The van der Waals surface area contributed by atoms with Crippen LogP contribution in [0, 0.1) is 11.3 Å². The van der Waals surface area contributed by atoms with Gasteiger partial charge < -0.3 is 24.1 Å². The van der Waals surface area contributed by atoms with Gasteiger partial charge in [0.25, 0.3) is 0 Å². The zero-order valence-corrected chi connectivity index (χ0v) is 20.0. The van der Waals surface area contributed by atoms with Gasteiger partial charge in [0.1, 0.15) is 18.3 Å². The highest BCUT2D eigenvalue weighted by Gasteiger charge is 2.86. The number of aliphatic hydroxyl groups excluding tert-OH is 1. The number of carbonyl (C=O) groups is 3. The zero-order chi connectivity index (χ0) is 25.2. The van der Waals surface area contributed by atoms with Crippen LogP contribution in [0.25, 0.3) is 0 Å². The first kappa shape index (κ1) is 24.8. The lowest BCUT2D eigenvalue weighted by atomic mass is 9.55. The predicted octanol–water partition coefficient (Wildman–Crippen LogP) is 1.84. The Bertz CT molecular complexity index is 957. The molecule has 4 rings (SSSR count). The monoisotopic (exact) mass is 480 g/mol. The molecule has 0 aromatic rings. The number of rotatable bonds is 3. The van der Waals surface area contributed by atoms with Crippen molar-refractivity contribution >= 4 is 17.9 Å². The summed E-state index contributed by atoms with van der Waals surface area (Å²) in [4.78, 5) is 41.6. The van der Waals surface area contributed by atoms with Crippen molar-refractivity contribution in [2.75, 3.05) is 0 Å². The van der Waals surface area contributed by atoms with Crippen LogP contribution < -0.4 is 0 Å². The number of hydrogen-bond acceptors (Lipinski definition) is 10. The number of aliphatic hydroxyl groups is 1. The maximum Gasteiger partial charge on any atom is 0.342 e. The van der Waals surface area contributed by atoms with Crippen LogP contribution in [0.4, 0.5) is 0 Å². The normalized spacial score (nSPS) is 47.2. The van der Waals surface area contributed by atoms with E-state index in [1.54, 1.807) is 19.9 Å². The number of hydrogen-bond donors (Lipinski definition) is 2. The van der Waals surface area contributed by atoms with Crippen LogP contribution in [0.15, 0.2) is 23.8 Å². The first-order valence-electron chi connectivity index (χ1n) is 11.4. The second kappa shape index (κ2) is 8.15. The number of esters is 3. The van der Waals surface area contributed by atoms with Crippen LogP contribution in [0.2, 0.25) is 0 Å². The van der Waals surface area contributed by atoms with E-state index < -0.39 is 71.0 Å². The molecule has 0 amide bonds. The number of carbonyl (C=O) groups excluding carboxylic acids is 3. The highest BCUT2D eigenvalue weighted by molar-refractivity contribution is 5.89. The highest BCUT2D eigenvalue weighted by atomic mass is 17.1. The first-order valence-corrected chi connectivity index (χ1v) is 11.4. The van der Waals surface area contributed by atoms with Crippen LogP contribution in [0.3, 0.4) is 0 Å². The van der Waals surface area contributed by atoms with Gasteiger partial charge in [0.05, 0.1) is 11.5 Å². The fourth-order valence-electron chi connectivity index (χ4n) is 6.31. The van der Waals surface area contributed by atoms with E-state index in [9.17, 15) is 24.7 Å². The van der Waals surface area contributed by atoms with Crippen LogP contribution in [-0.4, -0.2) is 70.0 Å². The van der Waals surface area contributed by atoms with Crippen LogP contribution in [0.1, 0.15) is 53.9 Å². The third kappa shape index (κ3) is 3.34. The van der Waals surface area contributed by atoms with E-state index in [-0.39, 0.29) is 6.42 Å². The molecular weight excluding hydrogens is 448 g/mol. The minimum atomic E-state index is -1.43. The van der Waals surface area contributed by atoms with E-state index in [1.165, 1.54) is 13.8 Å². The minimum absolute atomic E-state index is 0.0329. The van der Waals surface area contributed by atoms with Crippen molar-refractivity contribution in [3.8, 4) is 0 Å². The number of epoxide rings is 1. The van der Waals surface area contributed by atoms with Gasteiger partial charge >= 0.3 is 17.9 Å². The van der Waals surface area contributed by atoms with Crippen molar-refractivity contribution in [1.29, 1.82) is 0 Å². The van der Waals surface area contributed by atoms with Gasteiger partial charge in [-0.1, -0.05) is 19.1 Å². The lowest BCUT2D eigenvalue weighted by Gasteiger charge is -2.54. The van der Waals surface area contributed by atoms with Crippen molar-refractivity contribution in [3.63, 3.8) is 0 Å². The van der Waals surface area contributed by atoms with Crippen molar-refractivity contribution < 1.29 is 48.6 Å². The summed E-state index contributed by atoms with van der Waals surface area (Å²) in [7, 11) is 0. The summed E-state index contributed by atoms with van der Waals surface area (Å²) >= 11 is 0. The molecule has 2 aliphatic carbocycles. The topological polar surface area (TPSA) is 141 Å². The zero-order valence-electron chi connectivity index (χ0n) is 20.0. The molecule has 10 nitrogen and oxygen atoms in total. The van der Waals surface area contributed by atoms with Crippen LogP contribution in [0.5, 0.6) is 0 Å². The maximum atomic E-state index is 12.7. The second-order valence-corrected chi connectivity index (χ2v) is 10.2. The second-order valence-electron chi connectivity index (χ2n) is 10.2. The Balaban J connectivity index is 1.93. The summed E-state index contributed by atoms with van der Waals surface area (Å²) in [5.41, 5.74) is -2.85. The van der Waals surface area contributed by atoms with E-state index >= 15 is 0 Å². The molecule has 0 unspecified atom stereocenters. The molecule has 0 radical (unpaired) electrons. The third-order valence-corrected chi connectivity index (χ3v) is 8.16. The predicted molar refractivity (Wildman–Crippen MR) is 115 cm³/mol. The standard InChI is InChI=1S/C24H32O10/c1-11-7-8-16(30-13(3)25)22(5)17(31-14(4)26)10-15(33-29)12(2)19(22)20(27)24-18(9-11)32-21(28)23(24,6)34-24/h9,15-20,27,29H,2,7-8,10H2,1,3-6H3/b11-9+/t15-,16-,17-,18-,19+,20-,22-,23-,24-/m0/s1. The smallest absolute Gasteiger partial charge is 0.342 e. The molecule has 34 heavy (non-hydrogen) atoms. The van der Waals surface area contributed by atoms with E-state index in [1.807, 2.05) is 6.92 Å². The van der Waals surface area contributed by atoms with Gasteiger partial charge in [0.2, 0.25) is 0 Å².